The number of phenolic OH excluding ortho intramolecular Hbond substituents is 1. The summed E-state index contributed by atoms with van der Waals surface area (Å²) < 4.78 is 134. The van der Waals surface area contributed by atoms with Gasteiger partial charge in [0.25, 0.3) is 10.0 Å². The third kappa shape index (κ3) is 4.95. The van der Waals surface area contributed by atoms with Gasteiger partial charge in [0.15, 0.2) is 5.75 Å². The first-order valence-corrected chi connectivity index (χ1v) is 12.7. The highest BCUT2D eigenvalue weighted by molar-refractivity contribution is 7.92. The second-order valence-electron chi connectivity index (χ2n) is 7.47. The van der Waals surface area contributed by atoms with Crippen LogP contribution in [0.5, 0.6) is 11.5 Å². The molecule has 1 aromatic heterocycles. The number of nitrogens with one attached hydrogen (secondary N) is 1. The molecule has 198 valence electrons. The summed E-state index contributed by atoms with van der Waals surface area (Å²) in [4.78, 5) is 2.98. The molecular formula is C20H13F6N3O6S2. The lowest BCUT2D eigenvalue weighted by Crippen LogP contribution is -2.32. The van der Waals surface area contributed by atoms with Crippen LogP contribution in [0.25, 0.3) is 0 Å². The Bertz CT molecular complexity index is 1570. The van der Waals surface area contributed by atoms with Crippen LogP contribution in [0.2, 0.25) is 0 Å². The van der Waals surface area contributed by atoms with Gasteiger partial charge in [0.1, 0.15) is 22.9 Å². The molecule has 0 saturated carbocycles. The Morgan fingerprint density at radius 2 is 1.57 bits per heavy atom. The smallest absolute Gasteiger partial charge is 0.508 e. The minimum absolute atomic E-state index is 0.129. The van der Waals surface area contributed by atoms with Crippen molar-refractivity contribution in [3.05, 3.63) is 65.9 Å². The average Bonchev–Trinajstić information content (AvgIpc) is 2.95. The maximum atomic E-state index is 13.6. The standard InChI is InChI=1S/C20H13F6N3O6S2/c21-19(22,23)16-9-4-11-10-29(36(31,32)13-7-5-12(30)6-8-13)17-14(27-18(11)28-16)2-1-3-15(17)35-37(33,34)20(24,25)26/h1-9,30H,10H2,(H,27,28). The van der Waals surface area contributed by atoms with Crippen LogP contribution in [0.4, 0.5) is 43.5 Å². The summed E-state index contributed by atoms with van der Waals surface area (Å²) in [6.07, 6.45) is -4.88. The zero-order valence-corrected chi connectivity index (χ0v) is 19.5. The normalized spacial score (nSPS) is 14.3. The van der Waals surface area contributed by atoms with Crippen LogP contribution in [-0.2, 0) is 32.9 Å². The quantitative estimate of drug-likeness (QED) is 0.268. The topological polar surface area (TPSA) is 126 Å². The molecule has 0 spiro atoms. The van der Waals surface area contributed by atoms with E-state index < -0.39 is 71.9 Å². The fourth-order valence-corrected chi connectivity index (χ4v) is 5.24. The van der Waals surface area contributed by atoms with Crippen LogP contribution in [0.3, 0.4) is 0 Å². The number of anilines is 3. The molecule has 3 aromatic rings. The highest BCUT2D eigenvalue weighted by atomic mass is 32.2. The summed E-state index contributed by atoms with van der Waals surface area (Å²) in [7, 11) is -11.0. The van der Waals surface area contributed by atoms with Crippen molar-refractivity contribution in [1.29, 1.82) is 0 Å². The molecule has 9 nitrogen and oxygen atoms in total. The Hall–Kier alpha value is -3.73. The molecule has 0 atom stereocenters. The number of benzene rings is 2. The van der Waals surface area contributed by atoms with Gasteiger partial charge in [0, 0.05) is 5.56 Å². The van der Waals surface area contributed by atoms with Crippen molar-refractivity contribution in [1.82, 2.24) is 4.98 Å². The molecule has 1 aliphatic heterocycles. The number of aromatic hydroxyl groups is 1. The SMILES string of the molecule is O=S(=O)(c1ccc(O)cc1)N1Cc2ccc(C(F)(F)F)nc2Nc2cccc(OS(=O)(=O)C(F)(F)F)c21. The van der Waals surface area contributed by atoms with Crippen LogP contribution in [0.1, 0.15) is 11.3 Å². The fraction of sp³-hybridized carbons (Fsp3) is 0.150. The van der Waals surface area contributed by atoms with E-state index in [9.17, 15) is 48.3 Å². The van der Waals surface area contributed by atoms with Crippen LogP contribution >= 0.6 is 0 Å². The maximum Gasteiger partial charge on any atom is 0.534 e. The van der Waals surface area contributed by atoms with Gasteiger partial charge in [-0.05, 0) is 42.5 Å². The molecule has 2 N–H and O–H groups in total. The number of fused-ring (bicyclic) bond motifs is 2. The third-order valence-corrected chi connectivity index (χ3v) is 7.72. The number of nitrogens with zero attached hydrogens (tertiary/aromatic N) is 2. The molecule has 1 aliphatic rings. The molecule has 4 rings (SSSR count). The van der Waals surface area contributed by atoms with E-state index in [1.54, 1.807) is 0 Å². The number of pyridine rings is 1. The number of phenols is 1. The van der Waals surface area contributed by atoms with Gasteiger partial charge in [-0.2, -0.15) is 34.8 Å². The Balaban J connectivity index is 1.96. The first-order valence-electron chi connectivity index (χ1n) is 9.80. The van der Waals surface area contributed by atoms with Crippen LogP contribution in [-0.4, -0.2) is 32.4 Å². The lowest BCUT2D eigenvalue weighted by Gasteiger charge is -2.26. The van der Waals surface area contributed by atoms with E-state index in [0.29, 0.717) is 10.4 Å². The molecule has 37 heavy (non-hydrogen) atoms. The van der Waals surface area contributed by atoms with E-state index in [1.165, 1.54) is 0 Å². The van der Waals surface area contributed by atoms with Crippen LogP contribution < -0.4 is 13.8 Å². The van der Waals surface area contributed by atoms with E-state index in [2.05, 4.69) is 14.5 Å². The van der Waals surface area contributed by atoms with Crippen molar-refractivity contribution in [3.63, 3.8) is 0 Å². The number of para-hydroxylation sites is 1. The van der Waals surface area contributed by atoms with Crippen LogP contribution in [0.15, 0.2) is 59.5 Å². The number of hydrogen-bond acceptors (Lipinski definition) is 8. The highest BCUT2D eigenvalue weighted by Gasteiger charge is 2.49. The molecule has 0 amide bonds. The molecule has 0 fully saturated rings. The second kappa shape index (κ2) is 8.69. The van der Waals surface area contributed by atoms with E-state index in [-0.39, 0.29) is 11.3 Å². The summed E-state index contributed by atoms with van der Waals surface area (Å²) in [5, 5.41) is 11.9. The average molecular weight is 569 g/mol. The summed E-state index contributed by atoms with van der Waals surface area (Å²) in [5.74, 6) is -1.87. The number of aromatic nitrogens is 1. The third-order valence-electron chi connectivity index (χ3n) is 4.99. The van der Waals surface area contributed by atoms with Crippen molar-refractivity contribution in [2.75, 3.05) is 9.62 Å². The van der Waals surface area contributed by atoms with Gasteiger partial charge in [-0.3, -0.25) is 4.31 Å². The molecular weight excluding hydrogens is 556 g/mol. The monoisotopic (exact) mass is 569 g/mol. The number of alkyl halides is 6. The number of sulfonamides is 1. The maximum absolute atomic E-state index is 13.6. The minimum atomic E-state index is -6.28. The Morgan fingerprint density at radius 1 is 0.919 bits per heavy atom. The van der Waals surface area contributed by atoms with E-state index >= 15 is 0 Å². The first-order chi connectivity index (χ1) is 17.0. The van der Waals surface area contributed by atoms with Crippen molar-refractivity contribution >= 4 is 37.3 Å². The number of hydrogen-bond donors (Lipinski definition) is 2. The zero-order chi connectivity index (χ0) is 27.4. The molecule has 0 aliphatic carbocycles. The summed E-state index contributed by atoms with van der Waals surface area (Å²) in [6, 6.07) is 8.25. The van der Waals surface area contributed by atoms with Gasteiger partial charge in [-0.1, -0.05) is 12.1 Å². The largest absolute Gasteiger partial charge is 0.534 e. The lowest BCUT2D eigenvalue weighted by molar-refractivity contribution is -0.141. The van der Waals surface area contributed by atoms with Gasteiger partial charge < -0.3 is 14.6 Å². The minimum Gasteiger partial charge on any atom is -0.508 e. The van der Waals surface area contributed by atoms with Crippen molar-refractivity contribution in [3.8, 4) is 11.5 Å². The van der Waals surface area contributed by atoms with Crippen LogP contribution in [0, 0.1) is 0 Å². The zero-order valence-electron chi connectivity index (χ0n) is 17.9. The second-order valence-corrected chi connectivity index (χ2v) is 10.9. The van der Waals surface area contributed by atoms with Gasteiger partial charge >= 0.3 is 21.8 Å². The van der Waals surface area contributed by atoms with E-state index in [4.69, 9.17) is 0 Å². The first kappa shape index (κ1) is 26.3. The van der Waals surface area contributed by atoms with E-state index in [1.807, 2.05) is 0 Å². The summed E-state index contributed by atoms with van der Waals surface area (Å²) in [6.45, 7) is -0.782. The van der Waals surface area contributed by atoms with Crippen molar-refractivity contribution in [2.45, 2.75) is 23.1 Å². The van der Waals surface area contributed by atoms with E-state index in [0.717, 1.165) is 48.5 Å². The molecule has 0 bridgehead atoms. The predicted octanol–water partition coefficient (Wildman–Crippen LogP) is 4.49. The van der Waals surface area contributed by atoms with Crippen molar-refractivity contribution in [2.24, 2.45) is 0 Å². The van der Waals surface area contributed by atoms with Crippen molar-refractivity contribution < 1.29 is 52.5 Å². The fourth-order valence-electron chi connectivity index (χ4n) is 3.31. The predicted molar refractivity (Wildman–Crippen MR) is 116 cm³/mol. The molecule has 0 radical (unpaired) electrons. The molecule has 0 saturated heterocycles. The molecule has 17 heteroatoms. The van der Waals surface area contributed by atoms with Gasteiger partial charge in [-0.25, -0.2) is 13.4 Å². The summed E-state index contributed by atoms with van der Waals surface area (Å²) >= 11 is 0. The molecule has 0 unspecified atom stereocenters. The Labute approximate surface area is 205 Å². The highest BCUT2D eigenvalue weighted by Crippen LogP contribution is 2.46. The Kier molecular flexibility index (Phi) is 6.18. The van der Waals surface area contributed by atoms with Gasteiger partial charge in [0.2, 0.25) is 0 Å². The lowest BCUT2D eigenvalue weighted by atomic mass is 10.2. The number of halogens is 6. The molecule has 2 aromatic carbocycles. The Morgan fingerprint density at radius 3 is 2.16 bits per heavy atom. The number of rotatable bonds is 4. The molecule has 2 heterocycles. The summed E-state index contributed by atoms with van der Waals surface area (Å²) in [5.41, 5.74) is -8.50. The van der Waals surface area contributed by atoms with Gasteiger partial charge in [-0.15, -0.1) is 0 Å². The van der Waals surface area contributed by atoms with Gasteiger partial charge in [0.05, 0.1) is 17.1 Å².